The maximum absolute atomic E-state index is 12.0. The number of likely N-dealkylation sites (N-methyl/N-ethyl adjacent to an activating group) is 1. The Hall–Kier alpha value is -1.62. The molecule has 1 N–H and O–H groups in total. The van der Waals surface area contributed by atoms with E-state index in [-0.39, 0.29) is 17.5 Å². The van der Waals surface area contributed by atoms with Crippen molar-refractivity contribution in [2.75, 3.05) is 20.3 Å². The summed E-state index contributed by atoms with van der Waals surface area (Å²) >= 11 is 0. The summed E-state index contributed by atoms with van der Waals surface area (Å²) in [5.41, 5.74) is 0.0591. The highest BCUT2D eigenvalue weighted by atomic mass is 16.5. The Morgan fingerprint density at radius 3 is 3.00 bits per heavy atom. The second kappa shape index (κ2) is 4.49. The zero-order valence-electron chi connectivity index (χ0n) is 9.10. The number of nitrogens with zero attached hydrogens (tertiary/aromatic N) is 1. The standard InChI is InChI=1S/C11H14N2O3/c1-13(8-5-6-16-7-8)11(15)9-3-2-4-10(14)12-9/h2-4,8H,5-7H2,1H3,(H,12,14). The number of carbonyl (C=O) groups excluding carboxylic acids is 1. The summed E-state index contributed by atoms with van der Waals surface area (Å²) in [4.78, 5) is 27.2. The molecular formula is C11H14N2O3. The molecule has 5 heteroatoms. The second-order valence-electron chi connectivity index (χ2n) is 3.86. The Morgan fingerprint density at radius 1 is 1.56 bits per heavy atom. The van der Waals surface area contributed by atoms with Gasteiger partial charge in [0.2, 0.25) is 5.56 Å². The minimum atomic E-state index is -0.262. The first-order chi connectivity index (χ1) is 7.68. The average Bonchev–Trinajstić information content (AvgIpc) is 2.80. The van der Waals surface area contributed by atoms with Crippen molar-refractivity contribution in [3.63, 3.8) is 0 Å². The normalized spacial score (nSPS) is 19.7. The van der Waals surface area contributed by atoms with Gasteiger partial charge in [-0.15, -0.1) is 0 Å². The van der Waals surface area contributed by atoms with Gasteiger partial charge in [0.25, 0.3) is 5.91 Å². The summed E-state index contributed by atoms with van der Waals surface area (Å²) in [6.07, 6.45) is 0.847. The van der Waals surface area contributed by atoms with Crippen LogP contribution >= 0.6 is 0 Å². The molecule has 0 spiro atoms. The molecule has 1 atom stereocenters. The number of hydrogen-bond donors (Lipinski definition) is 1. The van der Waals surface area contributed by atoms with Crippen molar-refractivity contribution in [1.29, 1.82) is 0 Å². The highest BCUT2D eigenvalue weighted by molar-refractivity contribution is 5.92. The lowest BCUT2D eigenvalue weighted by atomic mass is 10.2. The third-order valence-electron chi connectivity index (χ3n) is 2.77. The minimum absolute atomic E-state index is 0.108. The first-order valence-electron chi connectivity index (χ1n) is 5.23. The van der Waals surface area contributed by atoms with E-state index >= 15 is 0 Å². The summed E-state index contributed by atoms with van der Waals surface area (Å²) in [6.45, 7) is 1.26. The van der Waals surface area contributed by atoms with E-state index in [0.29, 0.717) is 18.9 Å². The van der Waals surface area contributed by atoms with Crippen LogP contribution in [-0.2, 0) is 4.74 Å². The number of aromatic nitrogens is 1. The van der Waals surface area contributed by atoms with Crippen molar-refractivity contribution >= 4 is 5.91 Å². The number of nitrogens with one attached hydrogen (secondary N) is 1. The van der Waals surface area contributed by atoms with Gasteiger partial charge in [-0.1, -0.05) is 6.07 Å². The molecule has 1 aliphatic rings. The third kappa shape index (κ3) is 2.14. The van der Waals surface area contributed by atoms with Crippen molar-refractivity contribution in [2.45, 2.75) is 12.5 Å². The second-order valence-corrected chi connectivity index (χ2v) is 3.86. The van der Waals surface area contributed by atoms with Crippen LogP contribution in [0, 0.1) is 0 Å². The van der Waals surface area contributed by atoms with Gasteiger partial charge in [-0.25, -0.2) is 0 Å². The van der Waals surface area contributed by atoms with Gasteiger partial charge in [0.05, 0.1) is 12.6 Å². The van der Waals surface area contributed by atoms with Crippen molar-refractivity contribution < 1.29 is 9.53 Å². The first kappa shape index (κ1) is 10.9. The van der Waals surface area contributed by atoms with Gasteiger partial charge in [0, 0.05) is 19.7 Å². The molecule has 2 heterocycles. The SMILES string of the molecule is CN(C(=O)c1cccc(=O)[nH]1)C1CCOC1. The number of H-pyrrole nitrogens is 1. The Labute approximate surface area is 93.0 Å². The summed E-state index contributed by atoms with van der Waals surface area (Å²) in [7, 11) is 1.73. The van der Waals surface area contributed by atoms with Gasteiger partial charge in [0.1, 0.15) is 5.69 Å². The van der Waals surface area contributed by atoms with Crippen LogP contribution in [0.4, 0.5) is 0 Å². The summed E-state index contributed by atoms with van der Waals surface area (Å²) in [5.74, 6) is -0.173. The molecule has 2 rings (SSSR count). The van der Waals surface area contributed by atoms with Gasteiger partial charge < -0.3 is 14.6 Å². The number of amides is 1. The van der Waals surface area contributed by atoms with E-state index in [4.69, 9.17) is 4.74 Å². The lowest BCUT2D eigenvalue weighted by molar-refractivity contribution is 0.0705. The van der Waals surface area contributed by atoms with Crippen molar-refractivity contribution in [3.05, 3.63) is 34.2 Å². The smallest absolute Gasteiger partial charge is 0.270 e. The zero-order valence-corrected chi connectivity index (χ0v) is 9.10. The number of carbonyl (C=O) groups is 1. The number of rotatable bonds is 2. The zero-order chi connectivity index (χ0) is 11.5. The van der Waals surface area contributed by atoms with E-state index < -0.39 is 0 Å². The predicted molar refractivity (Wildman–Crippen MR) is 58.4 cm³/mol. The van der Waals surface area contributed by atoms with E-state index in [1.165, 1.54) is 6.07 Å². The van der Waals surface area contributed by atoms with Gasteiger partial charge in [0.15, 0.2) is 0 Å². The highest BCUT2D eigenvalue weighted by Crippen LogP contribution is 2.12. The summed E-state index contributed by atoms with van der Waals surface area (Å²) in [6, 6.07) is 4.67. The lowest BCUT2D eigenvalue weighted by Gasteiger charge is -2.22. The van der Waals surface area contributed by atoms with Crippen LogP contribution in [0.1, 0.15) is 16.9 Å². The van der Waals surface area contributed by atoms with Crippen LogP contribution in [0.15, 0.2) is 23.0 Å². The van der Waals surface area contributed by atoms with Crippen LogP contribution in [0.25, 0.3) is 0 Å². The van der Waals surface area contributed by atoms with Gasteiger partial charge >= 0.3 is 0 Å². The predicted octanol–water partition coefficient (Wildman–Crippen LogP) is 0.236. The Kier molecular flexibility index (Phi) is 3.05. The van der Waals surface area contributed by atoms with Crippen LogP contribution in [0.3, 0.4) is 0 Å². The Morgan fingerprint density at radius 2 is 2.38 bits per heavy atom. The molecule has 0 radical (unpaired) electrons. The molecule has 86 valence electrons. The van der Waals surface area contributed by atoms with E-state index in [0.717, 1.165) is 6.42 Å². The van der Waals surface area contributed by atoms with Crippen LogP contribution < -0.4 is 5.56 Å². The fourth-order valence-electron chi connectivity index (χ4n) is 1.76. The molecule has 0 aromatic carbocycles. The summed E-state index contributed by atoms with van der Waals surface area (Å²) in [5, 5.41) is 0. The number of aromatic amines is 1. The molecule has 1 aromatic heterocycles. The van der Waals surface area contributed by atoms with Crippen molar-refractivity contribution in [1.82, 2.24) is 9.88 Å². The van der Waals surface area contributed by atoms with Crippen molar-refractivity contribution in [3.8, 4) is 0 Å². The number of ether oxygens (including phenoxy) is 1. The molecular weight excluding hydrogens is 208 g/mol. The van der Waals surface area contributed by atoms with E-state index in [1.54, 1.807) is 24.1 Å². The number of hydrogen-bond acceptors (Lipinski definition) is 3. The molecule has 0 saturated carbocycles. The van der Waals surface area contributed by atoms with E-state index in [2.05, 4.69) is 4.98 Å². The van der Waals surface area contributed by atoms with Crippen LogP contribution in [-0.4, -0.2) is 42.1 Å². The average molecular weight is 222 g/mol. The molecule has 1 saturated heterocycles. The molecule has 1 aliphatic heterocycles. The van der Waals surface area contributed by atoms with Gasteiger partial charge in [-0.05, 0) is 12.5 Å². The van der Waals surface area contributed by atoms with E-state index in [9.17, 15) is 9.59 Å². The van der Waals surface area contributed by atoms with Gasteiger partial charge in [-0.2, -0.15) is 0 Å². The lowest BCUT2D eigenvalue weighted by Crippen LogP contribution is -2.38. The fourth-order valence-corrected chi connectivity index (χ4v) is 1.76. The molecule has 1 aromatic rings. The van der Waals surface area contributed by atoms with Gasteiger partial charge in [-0.3, -0.25) is 9.59 Å². The largest absolute Gasteiger partial charge is 0.379 e. The maximum atomic E-state index is 12.0. The molecule has 16 heavy (non-hydrogen) atoms. The number of pyridine rings is 1. The highest BCUT2D eigenvalue weighted by Gasteiger charge is 2.25. The Bertz CT molecular complexity index is 435. The Balaban J connectivity index is 2.15. The van der Waals surface area contributed by atoms with Crippen LogP contribution in [0.2, 0.25) is 0 Å². The molecule has 0 aliphatic carbocycles. The first-order valence-corrected chi connectivity index (χ1v) is 5.23. The monoisotopic (exact) mass is 222 g/mol. The quantitative estimate of drug-likeness (QED) is 0.779. The maximum Gasteiger partial charge on any atom is 0.270 e. The van der Waals surface area contributed by atoms with E-state index in [1.807, 2.05) is 0 Å². The molecule has 1 fully saturated rings. The summed E-state index contributed by atoms with van der Waals surface area (Å²) < 4.78 is 5.22. The molecule has 1 amide bonds. The molecule has 0 bridgehead atoms. The minimum Gasteiger partial charge on any atom is -0.379 e. The fraction of sp³-hybridized carbons (Fsp3) is 0.455. The van der Waals surface area contributed by atoms with Crippen LogP contribution in [0.5, 0.6) is 0 Å². The topological polar surface area (TPSA) is 62.4 Å². The molecule has 5 nitrogen and oxygen atoms in total. The molecule has 1 unspecified atom stereocenters. The van der Waals surface area contributed by atoms with Crippen molar-refractivity contribution in [2.24, 2.45) is 0 Å². The third-order valence-corrected chi connectivity index (χ3v) is 2.77.